The average molecular weight is 408 g/mol. The summed E-state index contributed by atoms with van der Waals surface area (Å²) in [5.41, 5.74) is 0.532. The molecule has 1 aliphatic heterocycles. The zero-order valence-electron chi connectivity index (χ0n) is 16.3. The summed E-state index contributed by atoms with van der Waals surface area (Å²) < 4.78 is 39.4. The van der Waals surface area contributed by atoms with E-state index in [1.54, 1.807) is 13.8 Å². The van der Waals surface area contributed by atoms with Crippen LogP contribution in [0.3, 0.4) is 0 Å². The molecule has 3 rings (SSSR count). The molecule has 1 saturated heterocycles. The lowest BCUT2D eigenvalue weighted by Crippen LogP contribution is -2.23. The number of nitrogens with one attached hydrogen (secondary N) is 2. The van der Waals surface area contributed by atoms with Gasteiger partial charge in [0.25, 0.3) is 5.56 Å². The Hall–Kier alpha value is -2.84. The molecule has 1 aromatic carbocycles. The molecule has 29 heavy (non-hydrogen) atoms. The van der Waals surface area contributed by atoms with E-state index >= 15 is 0 Å². The summed E-state index contributed by atoms with van der Waals surface area (Å²) >= 11 is 0. The summed E-state index contributed by atoms with van der Waals surface area (Å²) in [5.74, 6) is 0.0315. The van der Waals surface area contributed by atoms with Crippen molar-refractivity contribution in [3.05, 3.63) is 51.2 Å². The number of rotatable bonds is 5. The third kappa shape index (κ3) is 4.96. The van der Waals surface area contributed by atoms with Crippen LogP contribution in [0.5, 0.6) is 0 Å². The highest BCUT2D eigenvalue weighted by molar-refractivity contribution is 5.94. The number of carbonyl (C=O) groups is 1. The molecule has 2 aromatic rings. The fourth-order valence-corrected chi connectivity index (χ4v) is 3.54. The summed E-state index contributed by atoms with van der Waals surface area (Å²) in [6.07, 6.45) is -2.47. The van der Waals surface area contributed by atoms with E-state index < -0.39 is 17.6 Å². The number of amides is 1. The van der Waals surface area contributed by atoms with Crippen molar-refractivity contribution < 1.29 is 18.0 Å². The largest absolute Gasteiger partial charge is 0.416 e. The molecule has 1 aromatic heterocycles. The van der Waals surface area contributed by atoms with Crippen molar-refractivity contribution in [3.63, 3.8) is 0 Å². The molecule has 0 atom stereocenters. The average Bonchev–Trinajstić information content (AvgIpc) is 3.14. The number of aromatic amines is 1. The molecule has 2 heterocycles. The van der Waals surface area contributed by atoms with Crippen molar-refractivity contribution in [2.24, 2.45) is 0 Å². The zero-order valence-corrected chi connectivity index (χ0v) is 16.3. The second kappa shape index (κ2) is 8.26. The van der Waals surface area contributed by atoms with Crippen LogP contribution in [0, 0.1) is 13.8 Å². The molecule has 6 nitrogen and oxygen atoms in total. The third-order valence-corrected chi connectivity index (χ3v) is 4.99. The quantitative estimate of drug-likeness (QED) is 0.793. The van der Waals surface area contributed by atoms with Crippen LogP contribution in [0.2, 0.25) is 0 Å². The van der Waals surface area contributed by atoms with Gasteiger partial charge in [0.05, 0.1) is 16.9 Å². The van der Waals surface area contributed by atoms with Crippen molar-refractivity contribution in [2.75, 3.05) is 23.3 Å². The van der Waals surface area contributed by atoms with Gasteiger partial charge in [0.1, 0.15) is 5.82 Å². The van der Waals surface area contributed by atoms with Gasteiger partial charge in [-0.05, 0) is 51.3 Å². The Morgan fingerprint density at radius 3 is 2.55 bits per heavy atom. The van der Waals surface area contributed by atoms with Crippen molar-refractivity contribution >= 4 is 17.3 Å². The number of carbonyl (C=O) groups excluding carboxylic acids is 1. The number of hydrogen-bond donors (Lipinski definition) is 2. The van der Waals surface area contributed by atoms with E-state index in [4.69, 9.17) is 0 Å². The first-order chi connectivity index (χ1) is 13.6. The maximum Gasteiger partial charge on any atom is 0.416 e. The van der Waals surface area contributed by atoms with Gasteiger partial charge in [0.2, 0.25) is 5.91 Å². The first-order valence-electron chi connectivity index (χ1n) is 9.47. The van der Waals surface area contributed by atoms with E-state index in [9.17, 15) is 22.8 Å². The molecule has 0 aliphatic carbocycles. The lowest BCUT2D eigenvalue weighted by molar-refractivity contribution is -0.137. The summed E-state index contributed by atoms with van der Waals surface area (Å²) in [6, 6.07) is 3.41. The number of H-pyrrole nitrogens is 1. The molecule has 0 saturated carbocycles. The number of nitrogens with zero attached hydrogens (tertiary/aromatic N) is 2. The fourth-order valence-electron chi connectivity index (χ4n) is 3.54. The van der Waals surface area contributed by atoms with E-state index in [0.29, 0.717) is 22.8 Å². The standard InChI is InChI=1S/C20H23F3N4O2/c1-12-15(19(29)25-13(2)24-12)6-8-18(28)26-16-11-14(20(21,22)23)5-7-17(16)27-9-3-4-10-27/h5,7,11H,3-4,6,8-10H2,1-2H3,(H,26,28)(H,24,25,29). The predicted molar refractivity (Wildman–Crippen MR) is 104 cm³/mol. The molecule has 0 radical (unpaired) electrons. The van der Waals surface area contributed by atoms with Crippen LogP contribution < -0.4 is 15.8 Å². The molecule has 0 unspecified atom stereocenters. The predicted octanol–water partition coefficient (Wildman–Crippen LogP) is 3.58. The van der Waals surface area contributed by atoms with Crippen molar-refractivity contribution in [1.82, 2.24) is 9.97 Å². The molecule has 0 spiro atoms. The molecule has 2 N–H and O–H groups in total. The Morgan fingerprint density at radius 1 is 1.24 bits per heavy atom. The monoisotopic (exact) mass is 408 g/mol. The van der Waals surface area contributed by atoms with Gasteiger partial charge in [-0.1, -0.05) is 0 Å². The Balaban J connectivity index is 1.79. The SMILES string of the molecule is Cc1nc(C)c(CCC(=O)Nc2cc(C(F)(F)F)ccc2N2CCCC2)c(=O)[nH]1. The number of alkyl halides is 3. The zero-order chi connectivity index (χ0) is 21.2. The van der Waals surface area contributed by atoms with Gasteiger partial charge in [0, 0.05) is 30.8 Å². The van der Waals surface area contributed by atoms with Crippen LogP contribution >= 0.6 is 0 Å². The second-order valence-electron chi connectivity index (χ2n) is 7.19. The van der Waals surface area contributed by atoms with Crippen molar-refractivity contribution in [1.29, 1.82) is 0 Å². The summed E-state index contributed by atoms with van der Waals surface area (Å²) in [5, 5.41) is 2.61. The lowest BCUT2D eigenvalue weighted by Gasteiger charge is -2.23. The first kappa shape index (κ1) is 20.9. The lowest BCUT2D eigenvalue weighted by atomic mass is 10.1. The van der Waals surface area contributed by atoms with Gasteiger partial charge >= 0.3 is 6.18 Å². The molecular formula is C20H23F3N4O2. The van der Waals surface area contributed by atoms with E-state index in [0.717, 1.165) is 38.1 Å². The number of aromatic nitrogens is 2. The number of halogens is 3. The molecule has 1 amide bonds. The maximum absolute atomic E-state index is 13.1. The number of benzene rings is 1. The highest BCUT2D eigenvalue weighted by Crippen LogP contribution is 2.36. The molecule has 156 valence electrons. The normalized spacial score (nSPS) is 14.3. The minimum atomic E-state index is -4.50. The van der Waals surface area contributed by atoms with Gasteiger partial charge in [0.15, 0.2) is 0 Å². The van der Waals surface area contributed by atoms with Crippen LogP contribution in [0.15, 0.2) is 23.0 Å². The van der Waals surface area contributed by atoms with E-state index in [2.05, 4.69) is 15.3 Å². The Kier molecular flexibility index (Phi) is 5.95. The van der Waals surface area contributed by atoms with Crippen LogP contribution in [-0.4, -0.2) is 29.0 Å². The number of anilines is 2. The van der Waals surface area contributed by atoms with Crippen LogP contribution in [0.4, 0.5) is 24.5 Å². The first-order valence-corrected chi connectivity index (χ1v) is 9.47. The minimum Gasteiger partial charge on any atom is -0.370 e. The Morgan fingerprint density at radius 2 is 1.93 bits per heavy atom. The maximum atomic E-state index is 13.1. The Labute approximate surface area is 166 Å². The van der Waals surface area contributed by atoms with Gasteiger partial charge in [-0.2, -0.15) is 13.2 Å². The van der Waals surface area contributed by atoms with Crippen LogP contribution in [-0.2, 0) is 17.4 Å². The van der Waals surface area contributed by atoms with E-state index in [-0.39, 0.29) is 24.1 Å². The Bertz CT molecular complexity index is 963. The van der Waals surface area contributed by atoms with Crippen molar-refractivity contribution in [3.8, 4) is 0 Å². The summed E-state index contributed by atoms with van der Waals surface area (Å²) in [6.45, 7) is 4.82. The summed E-state index contributed by atoms with van der Waals surface area (Å²) in [4.78, 5) is 33.3. The molecule has 1 aliphatic rings. The minimum absolute atomic E-state index is 0.0374. The fraction of sp³-hybridized carbons (Fsp3) is 0.450. The van der Waals surface area contributed by atoms with Crippen LogP contribution in [0.1, 0.15) is 41.9 Å². The topological polar surface area (TPSA) is 78.1 Å². The second-order valence-corrected chi connectivity index (χ2v) is 7.19. The smallest absolute Gasteiger partial charge is 0.370 e. The van der Waals surface area contributed by atoms with Gasteiger partial charge in [-0.25, -0.2) is 4.98 Å². The number of hydrogen-bond acceptors (Lipinski definition) is 4. The van der Waals surface area contributed by atoms with Gasteiger partial charge in [-0.3, -0.25) is 9.59 Å². The third-order valence-electron chi connectivity index (χ3n) is 4.99. The van der Waals surface area contributed by atoms with E-state index in [1.165, 1.54) is 6.07 Å². The molecule has 9 heteroatoms. The highest BCUT2D eigenvalue weighted by Gasteiger charge is 2.32. The van der Waals surface area contributed by atoms with Gasteiger partial charge in [-0.15, -0.1) is 0 Å². The molecule has 1 fully saturated rings. The molecule has 0 bridgehead atoms. The van der Waals surface area contributed by atoms with E-state index in [1.807, 2.05) is 4.90 Å². The van der Waals surface area contributed by atoms with Gasteiger partial charge < -0.3 is 15.2 Å². The molecular weight excluding hydrogens is 385 g/mol. The summed E-state index contributed by atoms with van der Waals surface area (Å²) in [7, 11) is 0. The highest BCUT2D eigenvalue weighted by atomic mass is 19.4. The number of aryl methyl sites for hydroxylation is 2. The van der Waals surface area contributed by atoms with Crippen LogP contribution in [0.25, 0.3) is 0 Å². The van der Waals surface area contributed by atoms with Crippen molar-refractivity contribution in [2.45, 2.75) is 45.7 Å².